The zero-order valence-electron chi connectivity index (χ0n) is 22.6. The lowest BCUT2D eigenvalue weighted by Gasteiger charge is -2.42. The zero-order valence-corrected chi connectivity index (χ0v) is 22.6. The van der Waals surface area contributed by atoms with E-state index in [1.54, 1.807) is 6.92 Å². The van der Waals surface area contributed by atoms with Crippen molar-refractivity contribution in [3.8, 4) is 0 Å². The number of hydrogen-bond acceptors (Lipinski definition) is 2. The monoisotopic (exact) mass is 456 g/mol. The number of rotatable bonds is 4. The molecule has 2 amide bonds. The van der Waals surface area contributed by atoms with Crippen LogP contribution in [0.25, 0.3) is 0 Å². The molecule has 2 aromatic carbocycles. The normalized spacial score (nSPS) is 13.1. The van der Waals surface area contributed by atoms with Crippen LogP contribution in [-0.4, -0.2) is 36.3 Å². The van der Waals surface area contributed by atoms with Gasteiger partial charge in [0.05, 0.1) is 0 Å². The summed E-state index contributed by atoms with van der Waals surface area (Å²) in [6.45, 7) is 19.7. The molecule has 0 spiro atoms. The number of carbonyl (C=O) groups excluding carboxylic acids is 2. The van der Waals surface area contributed by atoms with Crippen LogP contribution in [0.4, 0.5) is 0 Å². The molecule has 1 saturated heterocycles. The number of piperidine rings is 1. The lowest BCUT2D eigenvalue weighted by Crippen LogP contribution is -2.50. The molecule has 4 heteroatoms. The van der Waals surface area contributed by atoms with Crippen molar-refractivity contribution in [3.05, 3.63) is 71.8 Å². The Hall–Kier alpha value is -2.62. The van der Waals surface area contributed by atoms with E-state index in [2.05, 4.69) is 17.4 Å². The van der Waals surface area contributed by atoms with E-state index in [-0.39, 0.29) is 17.2 Å². The van der Waals surface area contributed by atoms with Gasteiger partial charge in [-0.25, -0.2) is 0 Å². The number of nitrogens with one attached hydrogen (secondary N) is 1. The third kappa shape index (κ3) is 10.7. The molecule has 1 heterocycles. The van der Waals surface area contributed by atoms with Crippen LogP contribution < -0.4 is 5.32 Å². The molecular formula is C29H48N2O2. The minimum Gasteiger partial charge on any atom is -0.351 e. The zero-order chi connectivity index (χ0) is 25.7. The second kappa shape index (κ2) is 20.0. The fourth-order valence-corrected chi connectivity index (χ4v) is 3.55. The largest absolute Gasteiger partial charge is 0.351 e. The third-order valence-electron chi connectivity index (χ3n) is 5.18. The van der Waals surface area contributed by atoms with Crippen molar-refractivity contribution < 1.29 is 9.59 Å². The second-order valence-corrected chi connectivity index (χ2v) is 6.70. The molecule has 0 bridgehead atoms. The van der Waals surface area contributed by atoms with Crippen molar-refractivity contribution in [2.75, 3.05) is 19.6 Å². The molecule has 0 radical (unpaired) electrons. The summed E-state index contributed by atoms with van der Waals surface area (Å²) in [6, 6.07) is 19.6. The van der Waals surface area contributed by atoms with E-state index in [0.29, 0.717) is 12.1 Å². The first-order valence-electron chi connectivity index (χ1n) is 12.7. The van der Waals surface area contributed by atoms with E-state index in [1.165, 1.54) is 5.56 Å². The summed E-state index contributed by atoms with van der Waals surface area (Å²) in [5.74, 6) is 0.0693. The van der Waals surface area contributed by atoms with Crippen molar-refractivity contribution in [1.29, 1.82) is 0 Å². The lowest BCUT2D eigenvalue weighted by atomic mass is 9.72. The summed E-state index contributed by atoms with van der Waals surface area (Å²) >= 11 is 0. The van der Waals surface area contributed by atoms with Crippen molar-refractivity contribution >= 4 is 11.8 Å². The number of likely N-dealkylation sites (tertiary alicyclic amines) is 1. The molecule has 0 unspecified atom stereocenters. The first-order valence-corrected chi connectivity index (χ1v) is 12.7. The van der Waals surface area contributed by atoms with Gasteiger partial charge in [0, 0.05) is 37.5 Å². The molecule has 186 valence electrons. The smallest absolute Gasteiger partial charge is 0.251 e. The van der Waals surface area contributed by atoms with E-state index in [4.69, 9.17) is 0 Å². The maximum Gasteiger partial charge on any atom is 0.251 e. The third-order valence-corrected chi connectivity index (χ3v) is 5.18. The molecule has 0 saturated carbocycles. The Balaban J connectivity index is 0. The molecule has 4 nitrogen and oxygen atoms in total. The Bertz CT molecular complexity index is 722. The molecule has 2 aromatic rings. The molecule has 0 aliphatic carbocycles. The quantitative estimate of drug-likeness (QED) is 0.533. The predicted molar refractivity (Wildman–Crippen MR) is 144 cm³/mol. The highest BCUT2D eigenvalue weighted by Crippen LogP contribution is 2.35. The molecule has 1 N–H and O–H groups in total. The summed E-state index contributed by atoms with van der Waals surface area (Å²) in [5.41, 5.74) is 1.77. The summed E-state index contributed by atoms with van der Waals surface area (Å²) in [7, 11) is 0. The van der Waals surface area contributed by atoms with Crippen molar-refractivity contribution in [2.24, 2.45) is 0 Å². The minimum absolute atomic E-state index is 0.0510. The number of hydrogen-bond donors (Lipinski definition) is 1. The standard InChI is InChI=1S/C21H24N2O2.4C2H6/c1-17(24)23-14-12-21(13-15-23,19-10-6-3-7-11-19)16-22-20(25)18-8-4-2-5-9-18;4*1-2/h2-11H,12-16H2,1H3,(H,22,25);4*1-2H3. The van der Waals surface area contributed by atoms with Gasteiger partial charge in [-0.2, -0.15) is 0 Å². The SMILES string of the molecule is CC.CC.CC.CC.CC(=O)N1CCC(CNC(=O)c2ccccc2)(c2ccccc2)CC1. The highest BCUT2D eigenvalue weighted by Gasteiger charge is 2.37. The van der Waals surface area contributed by atoms with Crippen LogP contribution in [0.5, 0.6) is 0 Å². The molecule has 1 fully saturated rings. The Morgan fingerprint density at radius 1 is 0.758 bits per heavy atom. The van der Waals surface area contributed by atoms with Crippen LogP contribution in [0, 0.1) is 0 Å². The van der Waals surface area contributed by atoms with Gasteiger partial charge in [0.25, 0.3) is 5.91 Å². The van der Waals surface area contributed by atoms with Gasteiger partial charge in [-0.05, 0) is 30.5 Å². The van der Waals surface area contributed by atoms with Gasteiger partial charge < -0.3 is 10.2 Å². The highest BCUT2D eigenvalue weighted by atomic mass is 16.2. The number of benzene rings is 2. The van der Waals surface area contributed by atoms with E-state index in [9.17, 15) is 9.59 Å². The van der Waals surface area contributed by atoms with Gasteiger partial charge in [-0.3, -0.25) is 9.59 Å². The van der Waals surface area contributed by atoms with Crippen LogP contribution in [0.2, 0.25) is 0 Å². The van der Waals surface area contributed by atoms with Crippen LogP contribution in [0.1, 0.15) is 91.1 Å². The van der Waals surface area contributed by atoms with Crippen molar-refractivity contribution in [2.45, 2.75) is 80.6 Å². The Morgan fingerprint density at radius 2 is 1.18 bits per heavy atom. The predicted octanol–water partition coefficient (Wildman–Crippen LogP) is 7.10. The number of nitrogens with zero attached hydrogens (tertiary/aromatic N) is 1. The fourth-order valence-electron chi connectivity index (χ4n) is 3.55. The summed E-state index contributed by atoms with van der Waals surface area (Å²) < 4.78 is 0. The van der Waals surface area contributed by atoms with Gasteiger partial charge in [0.15, 0.2) is 0 Å². The average molecular weight is 457 g/mol. The van der Waals surface area contributed by atoms with Crippen LogP contribution in [-0.2, 0) is 10.2 Å². The van der Waals surface area contributed by atoms with Gasteiger partial charge >= 0.3 is 0 Å². The molecule has 3 rings (SSSR count). The maximum absolute atomic E-state index is 12.5. The van der Waals surface area contributed by atoms with Gasteiger partial charge in [0.1, 0.15) is 0 Å². The van der Waals surface area contributed by atoms with E-state index in [0.717, 1.165) is 25.9 Å². The first kappa shape index (κ1) is 32.6. The van der Waals surface area contributed by atoms with E-state index >= 15 is 0 Å². The van der Waals surface area contributed by atoms with Crippen LogP contribution in [0.3, 0.4) is 0 Å². The molecule has 1 aliphatic heterocycles. The van der Waals surface area contributed by atoms with E-state index in [1.807, 2.05) is 109 Å². The molecule has 0 atom stereocenters. The lowest BCUT2D eigenvalue weighted by molar-refractivity contribution is -0.130. The molecule has 1 aliphatic rings. The first-order chi connectivity index (χ1) is 16.1. The molecule has 0 aromatic heterocycles. The molecular weight excluding hydrogens is 408 g/mol. The topological polar surface area (TPSA) is 49.4 Å². The fraction of sp³-hybridized carbons (Fsp3) is 0.517. The van der Waals surface area contributed by atoms with Crippen molar-refractivity contribution in [1.82, 2.24) is 10.2 Å². The highest BCUT2D eigenvalue weighted by molar-refractivity contribution is 5.94. The minimum atomic E-state index is -0.127. The van der Waals surface area contributed by atoms with Gasteiger partial charge in [-0.15, -0.1) is 0 Å². The number of carbonyl (C=O) groups is 2. The van der Waals surface area contributed by atoms with E-state index < -0.39 is 0 Å². The molecule has 33 heavy (non-hydrogen) atoms. The van der Waals surface area contributed by atoms with Gasteiger partial charge in [-0.1, -0.05) is 104 Å². The van der Waals surface area contributed by atoms with Crippen molar-refractivity contribution in [3.63, 3.8) is 0 Å². The van der Waals surface area contributed by atoms with Gasteiger partial charge in [0.2, 0.25) is 5.91 Å². The van der Waals surface area contributed by atoms with Crippen LogP contribution >= 0.6 is 0 Å². The Morgan fingerprint density at radius 3 is 1.61 bits per heavy atom. The number of amides is 2. The summed E-state index contributed by atoms with van der Waals surface area (Å²) in [6.07, 6.45) is 1.71. The summed E-state index contributed by atoms with van der Waals surface area (Å²) in [5, 5.41) is 3.11. The average Bonchev–Trinajstić information content (AvgIpc) is 2.93. The Kier molecular flexibility index (Phi) is 19.8. The maximum atomic E-state index is 12.5. The van der Waals surface area contributed by atoms with Crippen LogP contribution in [0.15, 0.2) is 60.7 Å². The summed E-state index contributed by atoms with van der Waals surface area (Å²) in [4.78, 5) is 26.0. The Labute approximate surface area is 203 Å². The second-order valence-electron chi connectivity index (χ2n) is 6.70.